The molecular formula is C13H21BrN4O3. The van der Waals surface area contributed by atoms with Crippen molar-refractivity contribution in [3.63, 3.8) is 0 Å². The van der Waals surface area contributed by atoms with Crippen LogP contribution in [0.1, 0.15) is 13.3 Å². The molecule has 0 spiro atoms. The first kappa shape index (κ1) is 17.6. The molecular weight excluding hydrogens is 340 g/mol. The van der Waals surface area contributed by atoms with Crippen molar-refractivity contribution >= 4 is 27.6 Å². The summed E-state index contributed by atoms with van der Waals surface area (Å²) in [6, 6.07) is 0. The van der Waals surface area contributed by atoms with Gasteiger partial charge in [-0.2, -0.15) is 5.10 Å². The zero-order valence-electron chi connectivity index (χ0n) is 12.6. The van der Waals surface area contributed by atoms with Crippen LogP contribution in [0.15, 0.2) is 15.5 Å². The van der Waals surface area contributed by atoms with Crippen LogP contribution in [0.5, 0.6) is 0 Å². The lowest BCUT2D eigenvalue weighted by Crippen LogP contribution is -2.29. The van der Waals surface area contributed by atoms with Crippen LogP contribution >= 0.6 is 15.9 Å². The van der Waals surface area contributed by atoms with E-state index in [1.807, 2.05) is 19.0 Å². The average Bonchev–Trinajstić information content (AvgIpc) is 2.42. The molecule has 1 aromatic rings. The van der Waals surface area contributed by atoms with Gasteiger partial charge in [0.2, 0.25) is 0 Å². The van der Waals surface area contributed by atoms with Crippen molar-refractivity contribution in [1.82, 2.24) is 14.7 Å². The van der Waals surface area contributed by atoms with Gasteiger partial charge >= 0.3 is 5.97 Å². The summed E-state index contributed by atoms with van der Waals surface area (Å²) in [6.45, 7) is 3.77. The Bertz CT molecular complexity index is 531. The van der Waals surface area contributed by atoms with Gasteiger partial charge in [0.25, 0.3) is 5.56 Å². The van der Waals surface area contributed by atoms with Crippen molar-refractivity contribution in [2.45, 2.75) is 19.9 Å². The molecule has 1 aromatic heterocycles. The summed E-state index contributed by atoms with van der Waals surface area (Å²) in [4.78, 5) is 25.3. The minimum Gasteiger partial charge on any atom is -0.466 e. The predicted octanol–water partition coefficient (Wildman–Crippen LogP) is 0.932. The SMILES string of the molecule is CCOC(=O)CCNc1cnn(CCN(C)C)c(=O)c1Br. The van der Waals surface area contributed by atoms with Gasteiger partial charge in [0.05, 0.1) is 31.5 Å². The minimum absolute atomic E-state index is 0.196. The first-order valence-electron chi connectivity index (χ1n) is 6.75. The third-order valence-electron chi connectivity index (χ3n) is 2.69. The minimum atomic E-state index is -0.270. The molecule has 0 amide bonds. The average molecular weight is 361 g/mol. The van der Waals surface area contributed by atoms with Crippen molar-refractivity contribution in [3.8, 4) is 0 Å². The van der Waals surface area contributed by atoms with Gasteiger partial charge in [0, 0.05) is 13.1 Å². The first-order chi connectivity index (χ1) is 9.95. The van der Waals surface area contributed by atoms with E-state index in [9.17, 15) is 9.59 Å². The highest BCUT2D eigenvalue weighted by Crippen LogP contribution is 2.15. The van der Waals surface area contributed by atoms with Gasteiger partial charge in [-0.15, -0.1) is 0 Å². The number of carbonyl (C=O) groups excluding carboxylic acids is 1. The van der Waals surface area contributed by atoms with E-state index < -0.39 is 0 Å². The van der Waals surface area contributed by atoms with Crippen LogP contribution in [-0.4, -0.2) is 54.4 Å². The number of esters is 1. The number of hydrogen-bond acceptors (Lipinski definition) is 6. The molecule has 0 saturated heterocycles. The van der Waals surface area contributed by atoms with E-state index in [2.05, 4.69) is 26.3 Å². The van der Waals surface area contributed by atoms with Crippen molar-refractivity contribution in [1.29, 1.82) is 0 Å². The second-order valence-corrected chi connectivity index (χ2v) is 5.48. The van der Waals surface area contributed by atoms with Gasteiger partial charge < -0.3 is 15.0 Å². The highest BCUT2D eigenvalue weighted by molar-refractivity contribution is 9.10. The van der Waals surface area contributed by atoms with E-state index in [4.69, 9.17) is 4.74 Å². The number of likely N-dealkylation sites (N-methyl/N-ethyl adjacent to an activating group) is 1. The molecule has 0 aliphatic rings. The van der Waals surface area contributed by atoms with Crippen LogP contribution in [0.4, 0.5) is 5.69 Å². The lowest BCUT2D eigenvalue weighted by Gasteiger charge is -2.12. The number of nitrogens with zero attached hydrogens (tertiary/aromatic N) is 3. The highest BCUT2D eigenvalue weighted by Gasteiger charge is 2.09. The molecule has 0 bridgehead atoms. The van der Waals surface area contributed by atoms with Crippen molar-refractivity contribution in [2.24, 2.45) is 0 Å². The second kappa shape index (κ2) is 8.78. The zero-order chi connectivity index (χ0) is 15.8. The number of rotatable bonds is 8. The van der Waals surface area contributed by atoms with Gasteiger partial charge in [-0.05, 0) is 36.9 Å². The summed E-state index contributed by atoms with van der Waals surface area (Å²) < 4.78 is 6.65. The molecule has 7 nitrogen and oxygen atoms in total. The van der Waals surface area contributed by atoms with Crippen LogP contribution in [0.2, 0.25) is 0 Å². The molecule has 1 N–H and O–H groups in total. The van der Waals surface area contributed by atoms with Gasteiger partial charge in [0.15, 0.2) is 0 Å². The maximum absolute atomic E-state index is 12.1. The summed E-state index contributed by atoms with van der Waals surface area (Å²) >= 11 is 3.27. The summed E-state index contributed by atoms with van der Waals surface area (Å²) in [5.74, 6) is -0.270. The quantitative estimate of drug-likeness (QED) is 0.695. The molecule has 0 aromatic carbocycles. The van der Waals surface area contributed by atoms with E-state index >= 15 is 0 Å². The molecule has 0 saturated carbocycles. The number of carbonyl (C=O) groups is 1. The van der Waals surface area contributed by atoms with Gasteiger partial charge in [-0.1, -0.05) is 0 Å². The standard InChI is InChI=1S/C13H21BrN4O3/c1-4-21-11(19)5-6-15-10-9-16-18(8-7-17(2)3)13(20)12(10)14/h9,15H,4-8H2,1-3H3. The van der Waals surface area contributed by atoms with Crippen LogP contribution in [0.3, 0.4) is 0 Å². The molecule has 0 unspecified atom stereocenters. The molecule has 1 rings (SSSR count). The fourth-order valence-electron chi connectivity index (χ4n) is 1.57. The molecule has 21 heavy (non-hydrogen) atoms. The van der Waals surface area contributed by atoms with Crippen LogP contribution < -0.4 is 10.9 Å². The molecule has 0 aliphatic heterocycles. The smallest absolute Gasteiger partial charge is 0.307 e. The van der Waals surface area contributed by atoms with E-state index in [1.54, 1.807) is 13.1 Å². The molecule has 0 atom stereocenters. The van der Waals surface area contributed by atoms with E-state index in [-0.39, 0.29) is 17.9 Å². The number of nitrogens with one attached hydrogen (secondary N) is 1. The van der Waals surface area contributed by atoms with E-state index in [0.717, 1.165) is 6.54 Å². The maximum Gasteiger partial charge on any atom is 0.307 e. The van der Waals surface area contributed by atoms with Gasteiger partial charge in [-0.25, -0.2) is 4.68 Å². The van der Waals surface area contributed by atoms with E-state index in [1.165, 1.54) is 4.68 Å². The Labute approximate surface area is 132 Å². The van der Waals surface area contributed by atoms with Crippen LogP contribution in [0, 0.1) is 0 Å². The normalized spacial score (nSPS) is 10.7. The van der Waals surface area contributed by atoms with Crippen molar-refractivity contribution in [2.75, 3.05) is 39.1 Å². The Morgan fingerprint density at radius 3 is 2.86 bits per heavy atom. The largest absolute Gasteiger partial charge is 0.466 e. The Morgan fingerprint density at radius 1 is 1.52 bits per heavy atom. The molecule has 8 heteroatoms. The summed E-state index contributed by atoms with van der Waals surface area (Å²) in [7, 11) is 3.87. The number of ether oxygens (including phenoxy) is 1. The Hall–Kier alpha value is -1.41. The summed E-state index contributed by atoms with van der Waals surface area (Å²) in [5.41, 5.74) is 0.378. The number of halogens is 1. The van der Waals surface area contributed by atoms with Crippen LogP contribution in [-0.2, 0) is 16.1 Å². The first-order valence-corrected chi connectivity index (χ1v) is 7.54. The summed E-state index contributed by atoms with van der Waals surface area (Å²) in [6.07, 6.45) is 1.82. The van der Waals surface area contributed by atoms with Crippen molar-refractivity contribution < 1.29 is 9.53 Å². The number of hydrogen-bond donors (Lipinski definition) is 1. The topological polar surface area (TPSA) is 76.5 Å². The summed E-state index contributed by atoms with van der Waals surface area (Å²) in [5, 5.41) is 7.12. The molecule has 1 heterocycles. The fourth-order valence-corrected chi connectivity index (χ4v) is 2.02. The third kappa shape index (κ3) is 5.84. The van der Waals surface area contributed by atoms with E-state index in [0.29, 0.717) is 29.9 Å². The number of aromatic nitrogens is 2. The third-order valence-corrected chi connectivity index (χ3v) is 3.46. The lowest BCUT2D eigenvalue weighted by atomic mass is 10.4. The van der Waals surface area contributed by atoms with Gasteiger partial charge in [-0.3, -0.25) is 9.59 Å². The van der Waals surface area contributed by atoms with Crippen LogP contribution in [0.25, 0.3) is 0 Å². The molecule has 0 aliphatic carbocycles. The Kier molecular flexibility index (Phi) is 7.38. The van der Waals surface area contributed by atoms with Crippen molar-refractivity contribution in [3.05, 3.63) is 21.0 Å². The molecule has 118 valence electrons. The Morgan fingerprint density at radius 2 is 2.24 bits per heavy atom. The fraction of sp³-hybridized carbons (Fsp3) is 0.615. The number of anilines is 1. The monoisotopic (exact) mass is 360 g/mol. The lowest BCUT2D eigenvalue weighted by molar-refractivity contribution is -0.142. The molecule has 0 fully saturated rings. The second-order valence-electron chi connectivity index (χ2n) is 4.69. The Balaban J connectivity index is 2.63. The van der Waals surface area contributed by atoms with Gasteiger partial charge in [0.1, 0.15) is 4.47 Å². The zero-order valence-corrected chi connectivity index (χ0v) is 14.1. The highest BCUT2D eigenvalue weighted by atomic mass is 79.9. The predicted molar refractivity (Wildman–Crippen MR) is 84.5 cm³/mol. The molecule has 0 radical (unpaired) electrons. The maximum atomic E-state index is 12.1.